The summed E-state index contributed by atoms with van der Waals surface area (Å²) in [5.41, 5.74) is -2.13. The molecule has 1 aliphatic carbocycles. The number of piperidine rings is 1. The fraction of sp³-hybridized carbons (Fsp3) is 0.792. The maximum Gasteiger partial charge on any atom is 0.471 e. The Balaban J connectivity index is 1.85. The summed E-state index contributed by atoms with van der Waals surface area (Å²) in [5, 5.41) is 16.4. The quantitative estimate of drug-likeness (QED) is 0.437. The van der Waals surface area contributed by atoms with Gasteiger partial charge in [0.2, 0.25) is 23.6 Å². The third kappa shape index (κ3) is 6.53. The largest absolute Gasteiger partial charge is 0.471 e. The number of nitriles is 1. The lowest BCUT2D eigenvalue weighted by molar-refractivity contribution is -0.191. The smallest absolute Gasteiger partial charge is 0.356 e. The summed E-state index contributed by atoms with van der Waals surface area (Å²) in [4.78, 5) is 51.5. The van der Waals surface area contributed by atoms with Crippen LogP contribution in [-0.4, -0.2) is 71.8 Å². The first kappa shape index (κ1) is 29.6. The molecular weight excluding hydrogens is 517 g/mol. The molecule has 3 N–H and O–H groups in total. The first-order valence-corrected chi connectivity index (χ1v) is 12.4. The normalized spacial score (nSPS) is 26.0. The second-order valence-corrected chi connectivity index (χ2v) is 11.7. The Labute approximate surface area is 216 Å². The van der Waals surface area contributed by atoms with Gasteiger partial charge in [0, 0.05) is 31.8 Å². The van der Waals surface area contributed by atoms with E-state index >= 15 is 0 Å². The minimum Gasteiger partial charge on any atom is -0.356 e. The second kappa shape index (κ2) is 10.3. The van der Waals surface area contributed by atoms with Crippen LogP contribution in [-0.2, 0) is 19.2 Å². The summed E-state index contributed by atoms with van der Waals surface area (Å²) in [6.45, 7) is 4.56. The molecule has 38 heavy (non-hydrogen) atoms. The van der Waals surface area contributed by atoms with Gasteiger partial charge >= 0.3 is 12.1 Å². The van der Waals surface area contributed by atoms with Gasteiger partial charge in [-0.3, -0.25) is 19.2 Å². The van der Waals surface area contributed by atoms with Gasteiger partial charge in [0.15, 0.2) is 0 Å². The summed E-state index contributed by atoms with van der Waals surface area (Å²) in [7, 11) is 0. The molecule has 0 radical (unpaired) electrons. The van der Waals surface area contributed by atoms with Gasteiger partial charge in [0.25, 0.3) is 0 Å². The Bertz CT molecular complexity index is 1010. The molecule has 9 nitrogen and oxygen atoms in total. The summed E-state index contributed by atoms with van der Waals surface area (Å²) in [6, 6.07) is -2.24. The van der Waals surface area contributed by atoms with Crippen LogP contribution in [0.5, 0.6) is 0 Å². The molecule has 0 unspecified atom stereocenters. The molecule has 2 aliphatic heterocycles. The number of halogens is 5. The van der Waals surface area contributed by atoms with Crippen molar-refractivity contribution in [3.05, 3.63) is 0 Å². The van der Waals surface area contributed by atoms with Gasteiger partial charge in [-0.15, -0.1) is 0 Å². The lowest BCUT2D eigenvalue weighted by Crippen LogP contribution is -2.65. The van der Waals surface area contributed by atoms with E-state index in [1.807, 2.05) is 6.07 Å². The number of amides is 4. The van der Waals surface area contributed by atoms with Crippen molar-refractivity contribution in [3.63, 3.8) is 0 Å². The molecule has 1 saturated carbocycles. The average molecular weight is 550 g/mol. The average Bonchev–Trinajstić information content (AvgIpc) is 3.17. The second-order valence-electron chi connectivity index (χ2n) is 11.7. The lowest BCUT2D eigenvalue weighted by atomic mass is 9.59. The van der Waals surface area contributed by atoms with Crippen molar-refractivity contribution < 1.29 is 41.1 Å². The predicted molar refractivity (Wildman–Crippen MR) is 122 cm³/mol. The summed E-state index contributed by atoms with van der Waals surface area (Å²) in [6.07, 6.45) is -5.85. The minimum absolute atomic E-state index is 0.00418. The van der Waals surface area contributed by atoms with Gasteiger partial charge in [-0.1, -0.05) is 20.8 Å². The van der Waals surface area contributed by atoms with Crippen LogP contribution in [0.25, 0.3) is 0 Å². The van der Waals surface area contributed by atoms with Crippen molar-refractivity contribution in [1.82, 2.24) is 20.9 Å². The van der Waals surface area contributed by atoms with Crippen molar-refractivity contribution >= 4 is 23.6 Å². The number of nitrogens with zero attached hydrogens (tertiary/aromatic N) is 2. The number of rotatable bonds is 6. The maximum absolute atomic E-state index is 13.8. The molecule has 212 valence electrons. The molecule has 3 fully saturated rings. The van der Waals surface area contributed by atoms with Crippen LogP contribution in [0.3, 0.4) is 0 Å². The zero-order valence-electron chi connectivity index (χ0n) is 21.4. The molecule has 3 aliphatic rings. The van der Waals surface area contributed by atoms with E-state index in [9.17, 15) is 46.4 Å². The Hall–Kier alpha value is -2.98. The van der Waals surface area contributed by atoms with Crippen LogP contribution in [0.15, 0.2) is 0 Å². The molecule has 0 aromatic carbocycles. The van der Waals surface area contributed by atoms with Crippen LogP contribution in [0.1, 0.15) is 59.3 Å². The molecule has 2 saturated heterocycles. The number of hydrogen-bond acceptors (Lipinski definition) is 5. The molecule has 1 spiro atoms. The highest BCUT2D eigenvalue weighted by molar-refractivity contribution is 5.94. The number of carbonyl (C=O) groups is 4. The standard InChI is InChI=1S/C24H32F5N5O4/c1-21(2,3)16(33-20(38)24(27,28)29)19(37)34-7-5-22(11-23(25,26)12-22)9-15(34)18(36)32-14(10-30)8-13-4-6-31-17(13)35/h13-16H,4-9,11-12H2,1-3H3,(H,31,35)(H,32,36)(H,33,38)/t13-,14-,15-,16+/m0/s1. The SMILES string of the molecule is CC(C)(C)[C@H](NC(=O)C(F)(F)F)C(=O)N1CCC2(C[C@H]1C(=O)N[C@H](C#N)C[C@@H]1CCNC1=O)CC(F)(F)C2. The zero-order chi connectivity index (χ0) is 28.7. The monoisotopic (exact) mass is 549 g/mol. The zero-order valence-corrected chi connectivity index (χ0v) is 21.4. The number of hydrogen-bond donors (Lipinski definition) is 3. The van der Waals surface area contributed by atoms with Crippen LogP contribution < -0.4 is 16.0 Å². The maximum atomic E-state index is 13.8. The third-order valence-corrected chi connectivity index (χ3v) is 7.54. The Morgan fingerprint density at radius 2 is 1.82 bits per heavy atom. The van der Waals surface area contributed by atoms with Gasteiger partial charge in [-0.2, -0.15) is 18.4 Å². The fourth-order valence-electron chi connectivity index (χ4n) is 5.59. The van der Waals surface area contributed by atoms with Crippen LogP contribution in [0.2, 0.25) is 0 Å². The van der Waals surface area contributed by atoms with Crippen molar-refractivity contribution in [2.75, 3.05) is 13.1 Å². The number of likely N-dealkylation sites (tertiary alicyclic amines) is 1. The van der Waals surface area contributed by atoms with E-state index in [1.165, 1.54) is 20.8 Å². The number of alkyl halides is 5. The lowest BCUT2D eigenvalue weighted by Gasteiger charge is -2.54. The van der Waals surface area contributed by atoms with E-state index in [0.717, 1.165) is 4.90 Å². The minimum atomic E-state index is -5.25. The van der Waals surface area contributed by atoms with Crippen molar-refractivity contribution in [2.45, 2.75) is 89.5 Å². The highest BCUT2D eigenvalue weighted by Gasteiger charge is 2.60. The van der Waals surface area contributed by atoms with Gasteiger partial charge in [0.1, 0.15) is 18.1 Å². The highest BCUT2D eigenvalue weighted by Crippen LogP contribution is 2.58. The van der Waals surface area contributed by atoms with Gasteiger partial charge in [-0.05, 0) is 36.5 Å². The van der Waals surface area contributed by atoms with E-state index in [2.05, 4.69) is 10.6 Å². The van der Waals surface area contributed by atoms with E-state index in [0.29, 0.717) is 13.0 Å². The fourth-order valence-corrected chi connectivity index (χ4v) is 5.59. The van der Waals surface area contributed by atoms with Crippen LogP contribution >= 0.6 is 0 Å². The molecule has 3 rings (SSSR count). The molecule has 0 bridgehead atoms. The van der Waals surface area contributed by atoms with E-state index in [-0.39, 0.29) is 31.7 Å². The molecule has 2 heterocycles. The molecule has 0 aromatic rings. The van der Waals surface area contributed by atoms with Gasteiger partial charge in [0.05, 0.1) is 6.07 Å². The van der Waals surface area contributed by atoms with Crippen LogP contribution in [0, 0.1) is 28.1 Å². The first-order chi connectivity index (χ1) is 17.4. The van der Waals surface area contributed by atoms with Crippen molar-refractivity contribution in [3.8, 4) is 6.07 Å². The topological polar surface area (TPSA) is 131 Å². The van der Waals surface area contributed by atoms with Crippen molar-refractivity contribution in [1.29, 1.82) is 5.26 Å². The molecule has 0 aromatic heterocycles. The van der Waals surface area contributed by atoms with Gasteiger partial charge in [-0.25, -0.2) is 8.78 Å². The molecule has 4 atom stereocenters. The van der Waals surface area contributed by atoms with Crippen LogP contribution in [0.4, 0.5) is 22.0 Å². The molecule has 4 amide bonds. The number of nitrogens with one attached hydrogen (secondary N) is 3. The predicted octanol–water partition coefficient (Wildman–Crippen LogP) is 2.02. The highest BCUT2D eigenvalue weighted by atomic mass is 19.4. The Kier molecular flexibility index (Phi) is 8.01. The van der Waals surface area contributed by atoms with E-state index in [4.69, 9.17) is 0 Å². The van der Waals surface area contributed by atoms with E-state index in [1.54, 1.807) is 5.32 Å². The first-order valence-electron chi connectivity index (χ1n) is 12.4. The van der Waals surface area contributed by atoms with Crippen molar-refractivity contribution in [2.24, 2.45) is 16.7 Å². The molecular formula is C24H32F5N5O4. The summed E-state index contributed by atoms with van der Waals surface area (Å²) >= 11 is 0. The number of carbonyl (C=O) groups excluding carboxylic acids is 4. The third-order valence-electron chi connectivity index (χ3n) is 7.54. The Morgan fingerprint density at radius 3 is 2.29 bits per heavy atom. The summed E-state index contributed by atoms with van der Waals surface area (Å²) < 4.78 is 66.6. The van der Waals surface area contributed by atoms with E-state index < -0.39 is 77.5 Å². The summed E-state index contributed by atoms with van der Waals surface area (Å²) in [5.74, 6) is -7.81. The molecule has 14 heteroatoms. The van der Waals surface area contributed by atoms with Gasteiger partial charge < -0.3 is 20.9 Å². The Morgan fingerprint density at radius 1 is 1.18 bits per heavy atom.